The van der Waals surface area contributed by atoms with Crippen LogP contribution >= 0.6 is 0 Å². The summed E-state index contributed by atoms with van der Waals surface area (Å²) in [5, 5.41) is 0. The normalized spacial score (nSPS) is 8.67. The Labute approximate surface area is 93.2 Å². The third-order valence-corrected chi connectivity index (χ3v) is 2.22. The summed E-state index contributed by atoms with van der Waals surface area (Å²) in [4.78, 5) is 24.3. The molecule has 0 fully saturated rings. The molecule has 0 rings (SSSR count). The first-order valence-corrected chi connectivity index (χ1v) is 5.37. The quantitative estimate of drug-likeness (QED) is 0.714. The van der Waals surface area contributed by atoms with Crippen LogP contribution < -0.4 is 0 Å². The van der Waals surface area contributed by atoms with E-state index in [0.29, 0.717) is 0 Å². The maximum Gasteiger partial charge on any atom is 0.219 e. The second-order valence-corrected chi connectivity index (χ2v) is 3.22. The van der Waals surface area contributed by atoms with Crippen molar-refractivity contribution < 1.29 is 9.59 Å². The fourth-order valence-electron chi connectivity index (χ4n) is 0.892. The first-order chi connectivity index (χ1) is 6.90. The monoisotopic (exact) mass is 216 g/mol. The SMILES string of the molecule is CCN(C)C(C)=O.CCN(CC)C(C)=O. The first-order valence-electron chi connectivity index (χ1n) is 5.37. The fraction of sp³-hybridized carbons (Fsp3) is 0.818. The van der Waals surface area contributed by atoms with Crippen molar-refractivity contribution in [2.75, 3.05) is 26.7 Å². The molecule has 0 atom stereocenters. The Morgan fingerprint density at radius 3 is 1.27 bits per heavy atom. The summed E-state index contributed by atoms with van der Waals surface area (Å²) < 4.78 is 0. The Hall–Kier alpha value is -1.06. The molecule has 4 heteroatoms. The number of hydrogen-bond acceptors (Lipinski definition) is 2. The highest BCUT2D eigenvalue weighted by Crippen LogP contribution is 1.84. The molecule has 90 valence electrons. The molecule has 0 unspecified atom stereocenters. The molecule has 4 nitrogen and oxygen atoms in total. The van der Waals surface area contributed by atoms with E-state index in [1.54, 1.807) is 30.7 Å². The van der Waals surface area contributed by atoms with Crippen LogP contribution in [0.2, 0.25) is 0 Å². The molecule has 0 aromatic carbocycles. The molecule has 0 saturated carbocycles. The summed E-state index contributed by atoms with van der Waals surface area (Å²) in [5.74, 6) is 0.289. The number of hydrogen-bond donors (Lipinski definition) is 0. The van der Waals surface area contributed by atoms with Gasteiger partial charge in [0, 0.05) is 40.5 Å². The topological polar surface area (TPSA) is 40.6 Å². The van der Waals surface area contributed by atoms with E-state index >= 15 is 0 Å². The van der Waals surface area contributed by atoms with Crippen molar-refractivity contribution in [3.8, 4) is 0 Å². The predicted molar refractivity (Wildman–Crippen MR) is 62.6 cm³/mol. The lowest BCUT2D eigenvalue weighted by molar-refractivity contribution is -0.128. The molecule has 0 aliphatic heterocycles. The fourth-order valence-corrected chi connectivity index (χ4v) is 0.892. The van der Waals surface area contributed by atoms with E-state index in [2.05, 4.69) is 0 Å². The molecule has 0 N–H and O–H groups in total. The molecule has 0 spiro atoms. The van der Waals surface area contributed by atoms with Gasteiger partial charge in [0.1, 0.15) is 0 Å². The summed E-state index contributed by atoms with van der Waals surface area (Å²) in [6.07, 6.45) is 0. The minimum atomic E-state index is 0.127. The van der Waals surface area contributed by atoms with Gasteiger partial charge in [-0.2, -0.15) is 0 Å². The van der Waals surface area contributed by atoms with Gasteiger partial charge in [-0.3, -0.25) is 9.59 Å². The maximum absolute atomic E-state index is 10.5. The number of rotatable bonds is 3. The molecule has 0 aromatic rings. The Balaban J connectivity index is 0. The number of carbonyl (C=O) groups excluding carboxylic acids is 2. The Bertz CT molecular complexity index is 189. The van der Waals surface area contributed by atoms with Gasteiger partial charge in [-0.1, -0.05) is 0 Å². The first kappa shape index (κ1) is 16.4. The van der Waals surface area contributed by atoms with Crippen molar-refractivity contribution in [1.29, 1.82) is 0 Å². The summed E-state index contributed by atoms with van der Waals surface area (Å²) in [5.41, 5.74) is 0. The lowest BCUT2D eigenvalue weighted by atomic mass is 10.5. The van der Waals surface area contributed by atoms with Crippen molar-refractivity contribution in [3.05, 3.63) is 0 Å². The lowest BCUT2D eigenvalue weighted by Gasteiger charge is -2.14. The second kappa shape index (κ2) is 9.49. The lowest BCUT2D eigenvalue weighted by Crippen LogP contribution is -2.27. The summed E-state index contributed by atoms with van der Waals surface area (Å²) in [6, 6.07) is 0. The van der Waals surface area contributed by atoms with Crippen LogP contribution in [0.15, 0.2) is 0 Å². The standard InChI is InChI=1S/C6H13NO.C5H11NO/c1-4-7(5-2)6(3)8;1-4-6(3)5(2)7/h4-5H2,1-3H3;4H2,1-3H3. The van der Waals surface area contributed by atoms with Gasteiger partial charge in [-0.15, -0.1) is 0 Å². The van der Waals surface area contributed by atoms with Gasteiger partial charge in [0.2, 0.25) is 11.8 Å². The van der Waals surface area contributed by atoms with Crippen LogP contribution in [0.1, 0.15) is 34.6 Å². The second-order valence-electron chi connectivity index (χ2n) is 3.22. The van der Waals surface area contributed by atoms with Crippen molar-refractivity contribution in [3.63, 3.8) is 0 Å². The maximum atomic E-state index is 10.5. The Morgan fingerprint density at radius 2 is 1.27 bits per heavy atom. The zero-order chi connectivity index (χ0) is 12.4. The van der Waals surface area contributed by atoms with Crippen molar-refractivity contribution >= 4 is 11.8 Å². The molecule has 0 aliphatic rings. The smallest absolute Gasteiger partial charge is 0.219 e. The minimum Gasteiger partial charge on any atom is -0.346 e. The zero-order valence-corrected chi connectivity index (χ0v) is 10.8. The number of amides is 2. The van der Waals surface area contributed by atoms with Crippen LogP contribution in [0, 0.1) is 0 Å². The van der Waals surface area contributed by atoms with Gasteiger partial charge in [0.15, 0.2) is 0 Å². The molecule has 0 saturated heterocycles. The van der Waals surface area contributed by atoms with Gasteiger partial charge < -0.3 is 9.80 Å². The molecular weight excluding hydrogens is 192 g/mol. The van der Waals surface area contributed by atoms with Crippen LogP contribution in [-0.2, 0) is 9.59 Å². The van der Waals surface area contributed by atoms with Crippen LogP contribution in [-0.4, -0.2) is 48.3 Å². The molecular formula is C11H24N2O2. The van der Waals surface area contributed by atoms with E-state index in [4.69, 9.17) is 0 Å². The van der Waals surface area contributed by atoms with E-state index in [0.717, 1.165) is 19.6 Å². The molecule has 0 radical (unpaired) electrons. The molecule has 15 heavy (non-hydrogen) atoms. The molecule has 0 heterocycles. The van der Waals surface area contributed by atoms with E-state index in [1.165, 1.54) is 0 Å². The minimum absolute atomic E-state index is 0.127. The highest BCUT2D eigenvalue weighted by atomic mass is 16.2. The largest absolute Gasteiger partial charge is 0.346 e. The Morgan fingerprint density at radius 1 is 0.867 bits per heavy atom. The highest BCUT2D eigenvalue weighted by Gasteiger charge is 1.99. The highest BCUT2D eigenvalue weighted by molar-refractivity contribution is 5.73. The third-order valence-electron chi connectivity index (χ3n) is 2.22. The third kappa shape index (κ3) is 9.25. The zero-order valence-electron chi connectivity index (χ0n) is 10.8. The van der Waals surface area contributed by atoms with Crippen LogP contribution in [0.25, 0.3) is 0 Å². The predicted octanol–water partition coefficient (Wildman–Crippen LogP) is 1.36. The van der Waals surface area contributed by atoms with Gasteiger partial charge in [0.25, 0.3) is 0 Å². The van der Waals surface area contributed by atoms with Crippen molar-refractivity contribution in [2.24, 2.45) is 0 Å². The summed E-state index contributed by atoms with van der Waals surface area (Å²) in [7, 11) is 1.78. The molecule has 0 bridgehead atoms. The van der Waals surface area contributed by atoms with Gasteiger partial charge in [-0.05, 0) is 20.8 Å². The summed E-state index contributed by atoms with van der Waals surface area (Å²) in [6.45, 7) is 11.5. The number of carbonyl (C=O) groups is 2. The average molecular weight is 216 g/mol. The Kier molecular flexibility index (Phi) is 10.4. The van der Waals surface area contributed by atoms with E-state index in [1.807, 2.05) is 20.8 Å². The van der Waals surface area contributed by atoms with Gasteiger partial charge in [0.05, 0.1) is 0 Å². The molecule has 2 amide bonds. The van der Waals surface area contributed by atoms with E-state index < -0.39 is 0 Å². The molecule has 0 aromatic heterocycles. The van der Waals surface area contributed by atoms with Gasteiger partial charge in [-0.25, -0.2) is 0 Å². The number of nitrogens with zero attached hydrogens (tertiary/aromatic N) is 2. The average Bonchev–Trinajstić information content (AvgIpc) is 2.18. The van der Waals surface area contributed by atoms with Crippen molar-refractivity contribution in [1.82, 2.24) is 9.80 Å². The van der Waals surface area contributed by atoms with Gasteiger partial charge >= 0.3 is 0 Å². The summed E-state index contributed by atoms with van der Waals surface area (Å²) >= 11 is 0. The van der Waals surface area contributed by atoms with E-state index in [-0.39, 0.29) is 11.8 Å². The van der Waals surface area contributed by atoms with Crippen LogP contribution in [0.4, 0.5) is 0 Å². The van der Waals surface area contributed by atoms with Crippen LogP contribution in [0.3, 0.4) is 0 Å². The molecule has 0 aliphatic carbocycles. The van der Waals surface area contributed by atoms with E-state index in [9.17, 15) is 9.59 Å². The van der Waals surface area contributed by atoms with Crippen molar-refractivity contribution in [2.45, 2.75) is 34.6 Å². The van der Waals surface area contributed by atoms with Crippen LogP contribution in [0.5, 0.6) is 0 Å².